The molecular formula is C22H34N2O2. The fraction of sp³-hybridized carbons (Fsp3) is 0.636. The molecule has 0 heterocycles. The number of unbranched alkanes of at least 4 members (excludes halogenated alkanes) is 2. The minimum atomic E-state index is -0.193. The quantitative estimate of drug-likeness (QED) is 0.622. The monoisotopic (exact) mass is 358 g/mol. The molecule has 2 N–H and O–H groups in total. The van der Waals surface area contributed by atoms with Crippen LogP contribution >= 0.6 is 0 Å². The molecule has 26 heavy (non-hydrogen) atoms. The third kappa shape index (κ3) is 5.09. The highest BCUT2D eigenvalue weighted by Crippen LogP contribution is 2.41. The van der Waals surface area contributed by atoms with Crippen LogP contribution in [-0.2, 0) is 9.59 Å². The number of hydrogen-bond donors (Lipinski definition) is 2. The third-order valence-corrected chi connectivity index (χ3v) is 5.16. The van der Waals surface area contributed by atoms with Gasteiger partial charge in [-0.05, 0) is 35.8 Å². The minimum Gasteiger partial charge on any atom is -0.356 e. The Labute approximate surface area is 158 Å². The first-order valence-electron chi connectivity index (χ1n) is 10.1. The van der Waals surface area contributed by atoms with E-state index in [1.165, 1.54) is 0 Å². The molecule has 1 aromatic rings. The maximum Gasteiger partial charge on any atom is 0.228 e. The Morgan fingerprint density at radius 1 is 1.00 bits per heavy atom. The van der Waals surface area contributed by atoms with E-state index in [2.05, 4.69) is 63.5 Å². The van der Waals surface area contributed by atoms with Gasteiger partial charge in [-0.2, -0.15) is 0 Å². The van der Waals surface area contributed by atoms with Gasteiger partial charge in [0.15, 0.2) is 0 Å². The van der Waals surface area contributed by atoms with Crippen molar-refractivity contribution in [3.63, 3.8) is 0 Å². The molecule has 144 valence electrons. The van der Waals surface area contributed by atoms with Crippen molar-refractivity contribution in [3.05, 3.63) is 29.3 Å². The normalized spacial score (nSPS) is 18.9. The van der Waals surface area contributed by atoms with Crippen LogP contribution in [0.15, 0.2) is 18.2 Å². The number of carbonyl (C=O) groups excluding carboxylic acids is 2. The summed E-state index contributed by atoms with van der Waals surface area (Å²) in [5.74, 6) is 0.324. The number of para-hydroxylation sites is 1. The van der Waals surface area contributed by atoms with Gasteiger partial charge in [-0.25, -0.2) is 0 Å². The van der Waals surface area contributed by atoms with Crippen LogP contribution in [0.1, 0.15) is 83.3 Å². The highest BCUT2D eigenvalue weighted by Gasteiger charge is 2.48. The maximum atomic E-state index is 12.7. The zero-order valence-electron chi connectivity index (χ0n) is 16.9. The van der Waals surface area contributed by atoms with Crippen LogP contribution in [0.5, 0.6) is 0 Å². The molecule has 1 fully saturated rings. The van der Waals surface area contributed by atoms with Crippen molar-refractivity contribution < 1.29 is 9.59 Å². The Bertz CT molecular complexity index is 611. The molecule has 0 spiro atoms. The van der Waals surface area contributed by atoms with E-state index in [0.717, 1.165) is 36.1 Å². The number of anilines is 1. The molecule has 4 heteroatoms. The molecule has 1 aromatic carbocycles. The minimum absolute atomic E-state index is 0.0197. The lowest BCUT2D eigenvalue weighted by atomic mass is 9.92. The second kappa shape index (κ2) is 9.20. The van der Waals surface area contributed by atoms with E-state index < -0.39 is 0 Å². The summed E-state index contributed by atoms with van der Waals surface area (Å²) in [5, 5.41) is 6.11. The first kappa shape index (κ1) is 20.5. The molecule has 0 saturated heterocycles. The molecule has 1 aliphatic rings. The Kier molecular flexibility index (Phi) is 7.24. The number of nitrogens with one attached hydrogen (secondary N) is 2. The van der Waals surface area contributed by atoms with Gasteiger partial charge in [0.25, 0.3) is 0 Å². The van der Waals surface area contributed by atoms with Crippen LogP contribution < -0.4 is 10.6 Å². The van der Waals surface area contributed by atoms with Crippen LogP contribution in [0.25, 0.3) is 0 Å². The van der Waals surface area contributed by atoms with E-state index in [0.29, 0.717) is 24.8 Å². The topological polar surface area (TPSA) is 58.2 Å². The van der Waals surface area contributed by atoms with Gasteiger partial charge >= 0.3 is 0 Å². The van der Waals surface area contributed by atoms with Gasteiger partial charge in [0.05, 0.1) is 11.8 Å². The van der Waals surface area contributed by atoms with Crippen molar-refractivity contribution in [1.82, 2.24) is 5.32 Å². The van der Waals surface area contributed by atoms with E-state index in [4.69, 9.17) is 0 Å². The summed E-state index contributed by atoms with van der Waals surface area (Å²) in [6.07, 6.45) is 3.92. The van der Waals surface area contributed by atoms with Gasteiger partial charge in [-0.1, -0.05) is 65.7 Å². The molecule has 2 amide bonds. The van der Waals surface area contributed by atoms with Crippen LogP contribution in [0, 0.1) is 11.8 Å². The highest BCUT2D eigenvalue weighted by atomic mass is 16.2. The molecule has 0 radical (unpaired) electrons. The Hall–Kier alpha value is -1.84. The average Bonchev–Trinajstić information content (AvgIpc) is 3.39. The third-order valence-electron chi connectivity index (χ3n) is 5.16. The summed E-state index contributed by atoms with van der Waals surface area (Å²) in [7, 11) is 0. The molecule has 1 aliphatic carbocycles. The number of carbonyl (C=O) groups is 2. The first-order valence-corrected chi connectivity index (χ1v) is 10.1. The van der Waals surface area contributed by atoms with Gasteiger partial charge in [0.2, 0.25) is 11.8 Å². The van der Waals surface area contributed by atoms with Crippen LogP contribution in [0.2, 0.25) is 0 Å². The molecule has 0 bridgehead atoms. The van der Waals surface area contributed by atoms with E-state index in [1.54, 1.807) is 0 Å². The van der Waals surface area contributed by atoms with Gasteiger partial charge in [0, 0.05) is 12.2 Å². The molecular weight excluding hydrogens is 324 g/mol. The Morgan fingerprint density at radius 3 is 2.12 bits per heavy atom. The molecule has 2 rings (SSSR count). The van der Waals surface area contributed by atoms with E-state index in [9.17, 15) is 9.59 Å². The predicted molar refractivity (Wildman–Crippen MR) is 107 cm³/mol. The molecule has 2 atom stereocenters. The molecule has 4 nitrogen and oxygen atoms in total. The highest BCUT2D eigenvalue weighted by molar-refractivity contribution is 6.00. The molecule has 1 saturated carbocycles. The molecule has 0 aliphatic heterocycles. The fourth-order valence-corrected chi connectivity index (χ4v) is 3.40. The summed E-state index contributed by atoms with van der Waals surface area (Å²) in [5.41, 5.74) is 3.26. The lowest BCUT2D eigenvalue weighted by Gasteiger charge is -2.20. The van der Waals surface area contributed by atoms with Crippen LogP contribution in [0.4, 0.5) is 5.69 Å². The van der Waals surface area contributed by atoms with Crippen molar-refractivity contribution in [2.24, 2.45) is 11.8 Å². The number of rotatable bonds is 9. The van der Waals surface area contributed by atoms with Crippen LogP contribution in [0.3, 0.4) is 0 Å². The van der Waals surface area contributed by atoms with Crippen LogP contribution in [-0.4, -0.2) is 18.4 Å². The predicted octanol–water partition coefficient (Wildman–Crippen LogP) is 4.81. The molecule has 2 unspecified atom stereocenters. The second-order valence-corrected chi connectivity index (χ2v) is 8.06. The lowest BCUT2D eigenvalue weighted by molar-refractivity contribution is -0.125. The Balaban J connectivity index is 2.00. The fourth-order valence-electron chi connectivity index (χ4n) is 3.40. The summed E-state index contributed by atoms with van der Waals surface area (Å²) in [6.45, 7) is 11.4. The van der Waals surface area contributed by atoms with Gasteiger partial charge < -0.3 is 10.6 Å². The SMILES string of the molecule is CCCCCNC(=O)C1CC1C(=O)Nc1c(C(C)C)cccc1C(C)C. The van der Waals surface area contributed by atoms with E-state index >= 15 is 0 Å². The molecule has 0 aromatic heterocycles. The van der Waals surface area contributed by atoms with Crippen molar-refractivity contribution >= 4 is 17.5 Å². The second-order valence-electron chi connectivity index (χ2n) is 8.06. The van der Waals surface area contributed by atoms with Gasteiger partial charge in [0.1, 0.15) is 0 Å². The summed E-state index contributed by atoms with van der Waals surface area (Å²) >= 11 is 0. The lowest BCUT2D eigenvalue weighted by Crippen LogP contribution is -2.28. The van der Waals surface area contributed by atoms with E-state index in [1.807, 2.05) is 0 Å². The summed E-state index contributed by atoms with van der Waals surface area (Å²) in [6, 6.07) is 6.22. The first-order chi connectivity index (χ1) is 12.4. The average molecular weight is 359 g/mol. The number of benzene rings is 1. The smallest absolute Gasteiger partial charge is 0.228 e. The summed E-state index contributed by atoms with van der Waals surface area (Å²) < 4.78 is 0. The number of hydrogen-bond acceptors (Lipinski definition) is 2. The van der Waals surface area contributed by atoms with Crippen molar-refractivity contribution in [3.8, 4) is 0 Å². The Morgan fingerprint density at radius 2 is 1.58 bits per heavy atom. The van der Waals surface area contributed by atoms with Gasteiger partial charge in [-0.3, -0.25) is 9.59 Å². The van der Waals surface area contributed by atoms with Crippen molar-refractivity contribution in [2.45, 2.75) is 72.1 Å². The number of amides is 2. The van der Waals surface area contributed by atoms with E-state index in [-0.39, 0.29) is 23.7 Å². The van der Waals surface area contributed by atoms with Gasteiger partial charge in [-0.15, -0.1) is 0 Å². The standard InChI is InChI=1S/C22H34N2O2/c1-6-7-8-12-23-21(25)18-13-19(18)22(26)24-20-16(14(2)3)10-9-11-17(20)15(4)5/h9-11,14-15,18-19H,6-8,12-13H2,1-5H3,(H,23,25)(H,24,26). The zero-order valence-corrected chi connectivity index (χ0v) is 16.9. The summed E-state index contributed by atoms with van der Waals surface area (Å²) in [4.78, 5) is 24.9. The van der Waals surface area contributed by atoms with Crippen molar-refractivity contribution in [2.75, 3.05) is 11.9 Å². The van der Waals surface area contributed by atoms with Crippen molar-refractivity contribution in [1.29, 1.82) is 0 Å². The largest absolute Gasteiger partial charge is 0.356 e. The maximum absolute atomic E-state index is 12.7. The zero-order chi connectivity index (χ0) is 19.3.